The van der Waals surface area contributed by atoms with Crippen molar-refractivity contribution >= 4 is 27.5 Å². The van der Waals surface area contributed by atoms with E-state index in [9.17, 15) is 4.79 Å². The lowest BCUT2D eigenvalue weighted by atomic mass is 10.1. The average Bonchev–Trinajstić information content (AvgIpc) is 3.36. The normalized spacial score (nSPS) is 19.0. The molecule has 0 unspecified atom stereocenters. The van der Waals surface area contributed by atoms with Crippen molar-refractivity contribution in [3.8, 4) is 0 Å². The fourth-order valence-electron chi connectivity index (χ4n) is 4.15. The Morgan fingerprint density at radius 1 is 1.22 bits per heavy atom. The minimum absolute atomic E-state index is 0.278. The van der Waals surface area contributed by atoms with E-state index < -0.39 is 0 Å². The lowest BCUT2D eigenvalue weighted by molar-refractivity contribution is -0.135. The van der Waals surface area contributed by atoms with Gasteiger partial charge in [-0.05, 0) is 50.9 Å². The van der Waals surface area contributed by atoms with E-state index in [1.54, 1.807) is 11.3 Å². The second-order valence-corrected chi connectivity index (χ2v) is 8.67. The van der Waals surface area contributed by atoms with Crippen molar-refractivity contribution in [3.05, 3.63) is 29.3 Å². The highest BCUT2D eigenvalue weighted by molar-refractivity contribution is 7.18. The summed E-state index contributed by atoms with van der Waals surface area (Å²) in [4.78, 5) is 22.4. The predicted octanol–water partition coefficient (Wildman–Crippen LogP) is 3.33. The van der Waals surface area contributed by atoms with Gasteiger partial charge in [0.1, 0.15) is 0 Å². The quantitative estimate of drug-likeness (QED) is 0.731. The van der Waals surface area contributed by atoms with E-state index in [1.807, 2.05) is 18.2 Å². The summed E-state index contributed by atoms with van der Waals surface area (Å²) >= 11 is 1.71. The molecule has 0 radical (unpaired) electrons. The molecule has 3 heterocycles. The van der Waals surface area contributed by atoms with E-state index in [1.165, 1.54) is 30.6 Å². The van der Waals surface area contributed by atoms with Gasteiger partial charge in [0.2, 0.25) is 5.91 Å². The van der Waals surface area contributed by atoms with Gasteiger partial charge in [-0.15, -0.1) is 11.3 Å². The molecule has 2 saturated heterocycles. The lowest BCUT2D eigenvalue weighted by Crippen LogP contribution is -2.46. The van der Waals surface area contributed by atoms with Gasteiger partial charge in [-0.25, -0.2) is 4.98 Å². The maximum Gasteiger partial charge on any atom is 0.223 e. The number of carbonyl (C=O) groups excluding carboxylic acids is 1. The van der Waals surface area contributed by atoms with E-state index in [0.717, 1.165) is 56.1 Å². The number of fused-ring (bicyclic) bond motifs is 1. The summed E-state index contributed by atoms with van der Waals surface area (Å²) in [6.45, 7) is 5.77. The first-order valence-electron chi connectivity index (χ1n) is 10.2. The number of hydrogen-bond donors (Lipinski definition) is 0. The fraction of sp³-hybridized carbons (Fsp3) is 0.619. The van der Waals surface area contributed by atoms with Gasteiger partial charge in [0.05, 0.1) is 15.2 Å². The Kier molecular flexibility index (Phi) is 6.37. The zero-order valence-electron chi connectivity index (χ0n) is 15.9. The van der Waals surface area contributed by atoms with Crippen molar-refractivity contribution in [2.24, 2.45) is 0 Å². The molecule has 0 atom stereocenters. The standard InChI is InChI=1S/C21H29N3O2S/c25-21(8-7-20-22-18-5-1-2-6-19(18)27-20)24(17-9-15-26-16-10-17)14-13-23-11-3-4-12-23/h1-2,5-6,17H,3-4,7-16H2. The Labute approximate surface area is 165 Å². The summed E-state index contributed by atoms with van der Waals surface area (Å²) in [7, 11) is 0. The SMILES string of the molecule is O=C(CCc1nc2ccccc2s1)N(CCN1CCCC1)C1CCOCC1. The van der Waals surface area contributed by atoms with Crippen LogP contribution in [0.3, 0.4) is 0 Å². The van der Waals surface area contributed by atoms with E-state index in [0.29, 0.717) is 12.5 Å². The molecule has 27 heavy (non-hydrogen) atoms. The summed E-state index contributed by atoms with van der Waals surface area (Å²) < 4.78 is 6.72. The number of aromatic nitrogens is 1. The Hall–Kier alpha value is -1.50. The van der Waals surface area contributed by atoms with Crippen molar-refractivity contribution in [3.63, 3.8) is 0 Å². The zero-order chi connectivity index (χ0) is 18.5. The predicted molar refractivity (Wildman–Crippen MR) is 109 cm³/mol. The highest BCUT2D eigenvalue weighted by Gasteiger charge is 2.26. The average molecular weight is 388 g/mol. The van der Waals surface area contributed by atoms with Crippen LogP contribution in [-0.2, 0) is 16.0 Å². The van der Waals surface area contributed by atoms with Crippen LogP contribution < -0.4 is 0 Å². The lowest BCUT2D eigenvalue weighted by Gasteiger charge is -2.35. The van der Waals surface area contributed by atoms with Gasteiger partial charge in [-0.1, -0.05) is 12.1 Å². The molecule has 2 aromatic rings. The number of aryl methyl sites for hydroxylation is 1. The second kappa shape index (κ2) is 9.13. The molecule has 5 nitrogen and oxygen atoms in total. The first-order chi connectivity index (χ1) is 13.3. The minimum Gasteiger partial charge on any atom is -0.381 e. The third-order valence-corrected chi connectivity index (χ3v) is 6.79. The fourth-order valence-corrected chi connectivity index (χ4v) is 5.11. The van der Waals surface area contributed by atoms with E-state index in [-0.39, 0.29) is 5.91 Å². The third kappa shape index (κ3) is 4.86. The van der Waals surface area contributed by atoms with Gasteiger partial charge in [-0.2, -0.15) is 0 Å². The number of likely N-dealkylation sites (tertiary alicyclic amines) is 1. The first-order valence-corrected chi connectivity index (χ1v) is 11.1. The maximum atomic E-state index is 13.1. The minimum atomic E-state index is 0.278. The molecule has 2 fully saturated rings. The molecule has 4 rings (SSSR count). The number of rotatable bonds is 7. The van der Waals surface area contributed by atoms with Crippen LogP contribution >= 0.6 is 11.3 Å². The van der Waals surface area contributed by atoms with Crippen molar-refractivity contribution in [2.45, 2.75) is 44.6 Å². The zero-order valence-corrected chi connectivity index (χ0v) is 16.8. The number of benzene rings is 1. The van der Waals surface area contributed by atoms with Crippen LogP contribution in [0.25, 0.3) is 10.2 Å². The van der Waals surface area contributed by atoms with Crippen LogP contribution in [0.4, 0.5) is 0 Å². The first kappa shape index (κ1) is 18.8. The van der Waals surface area contributed by atoms with Crippen LogP contribution in [0.2, 0.25) is 0 Å². The molecule has 2 aliphatic heterocycles. The molecule has 0 bridgehead atoms. The largest absolute Gasteiger partial charge is 0.381 e. The number of amides is 1. The van der Waals surface area contributed by atoms with E-state index in [4.69, 9.17) is 4.74 Å². The molecule has 146 valence electrons. The van der Waals surface area contributed by atoms with Crippen LogP contribution in [0.5, 0.6) is 0 Å². The molecule has 1 amide bonds. The van der Waals surface area contributed by atoms with Gasteiger partial charge >= 0.3 is 0 Å². The smallest absolute Gasteiger partial charge is 0.223 e. The summed E-state index contributed by atoms with van der Waals surface area (Å²) in [5.74, 6) is 0.278. The number of nitrogens with zero attached hydrogens (tertiary/aromatic N) is 3. The summed E-state index contributed by atoms with van der Waals surface area (Å²) in [6, 6.07) is 8.54. The van der Waals surface area contributed by atoms with Crippen molar-refractivity contribution in [1.29, 1.82) is 0 Å². The monoisotopic (exact) mass is 387 g/mol. The molecule has 0 spiro atoms. The van der Waals surface area contributed by atoms with Gasteiger partial charge in [0.25, 0.3) is 0 Å². The number of carbonyl (C=O) groups is 1. The van der Waals surface area contributed by atoms with Gasteiger partial charge in [0.15, 0.2) is 0 Å². The number of thiazole rings is 1. The summed E-state index contributed by atoms with van der Waals surface area (Å²) in [6.07, 6.45) is 5.81. The van der Waals surface area contributed by atoms with Gasteiger partial charge in [0, 0.05) is 45.2 Å². The molecule has 0 aliphatic carbocycles. The molecule has 1 aromatic heterocycles. The Bertz CT molecular complexity index is 718. The van der Waals surface area contributed by atoms with Crippen LogP contribution in [0.15, 0.2) is 24.3 Å². The number of para-hydroxylation sites is 1. The Balaban J connectivity index is 1.37. The molecule has 1 aromatic carbocycles. The van der Waals surface area contributed by atoms with E-state index in [2.05, 4.69) is 20.9 Å². The van der Waals surface area contributed by atoms with Crippen LogP contribution in [0.1, 0.15) is 37.1 Å². The summed E-state index contributed by atoms with van der Waals surface area (Å²) in [5.41, 5.74) is 1.04. The topological polar surface area (TPSA) is 45.7 Å². The van der Waals surface area contributed by atoms with Gasteiger partial charge < -0.3 is 14.5 Å². The van der Waals surface area contributed by atoms with Crippen molar-refractivity contribution in [1.82, 2.24) is 14.8 Å². The molecule has 6 heteroatoms. The second-order valence-electron chi connectivity index (χ2n) is 7.55. The van der Waals surface area contributed by atoms with Crippen molar-refractivity contribution < 1.29 is 9.53 Å². The summed E-state index contributed by atoms with van der Waals surface area (Å²) in [5, 5.41) is 1.07. The van der Waals surface area contributed by atoms with Crippen LogP contribution in [-0.4, -0.2) is 66.1 Å². The molecule has 0 saturated carbocycles. The molecular weight excluding hydrogens is 358 g/mol. The molecular formula is C21H29N3O2S. The molecule has 0 N–H and O–H groups in total. The van der Waals surface area contributed by atoms with E-state index >= 15 is 0 Å². The highest BCUT2D eigenvalue weighted by Crippen LogP contribution is 2.23. The Morgan fingerprint density at radius 2 is 2.00 bits per heavy atom. The maximum absolute atomic E-state index is 13.1. The third-order valence-electron chi connectivity index (χ3n) is 5.70. The number of hydrogen-bond acceptors (Lipinski definition) is 5. The van der Waals surface area contributed by atoms with Crippen molar-refractivity contribution in [2.75, 3.05) is 39.4 Å². The van der Waals surface area contributed by atoms with Crippen LogP contribution in [0, 0.1) is 0 Å². The number of ether oxygens (including phenoxy) is 1. The molecule has 2 aliphatic rings. The Morgan fingerprint density at radius 3 is 2.78 bits per heavy atom. The highest BCUT2D eigenvalue weighted by atomic mass is 32.1. The van der Waals surface area contributed by atoms with Gasteiger partial charge in [-0.3, -0.25) is 4.79 Å².